The van der Waals surface area contributed by atoms with Gasteiger partial charge in [-0.3, -0.25) is 14.3 Å². The second kappa shape index (κ2) is 7.24. The molecule has 0 aliphatic rings. The lowest BCUT2D eigenvalue weighted by atomic mass is 10.1. The Kier molecular flexibility index (Phi) is 5.93. The van der Waals surface area contributed by atoms with E-state index in [1.807, 2.05) is 13.0 Å². The summed E-state index contributed by atoms with van der Waals surface area (Å²) in [5, 5.41) is 6.95. The van der Waals surface area contributed by atoms with Gasteiger partial charge < -0.3 is 10.2 Å². The van der Waals surface area contributed by atoms with E-state index in [0.29, 0.717) is 11.6 Å². The Bertz CT molecular complexity index is 508. The monoisotopic (exact) mass is 294 g/mol. The first-order valence-electron chi connectivity index (χ1n) is 7.26. The van der Waals surface area contributed by atoms with Crippen molar-refractivity contribution in [1.29, 1.82) is 0 Å². The Balaban J connectivity index is 2.82. The Hall–Kier alpha value is -1.85. The first-order valence-corrected chi connectivity index (χ1v) is 7.26. The number of hydrogen-bond donors (Lipinski definition) is 1. The molecule has 0 aliphatic carbocycles. The Labute approximate surface area is 126 Å². The first kappa shape index (κ1) is 17.2. The number of aromatic nitrogens is 2. The molecule has 21 heavy (non-hydrogen) atoms. The van der Waals surface area contributed by atoms with E-state index >= 15 is 0 Å². The molecule has 0 unspecified atom stereocenters. The van der Waals surface area contributed by atoms with Crippen LogP contribution in [-0.4, -0.2) is 46.6 Å². The van der Waals surface area contributed by atoms with Crippen molar-refractivity contribution < 1.29 is 9.59 Å². The van der Waals surface area contributed by atoms with Crippen molar-refractivity contribution in [2.24, 2.45) is 13.0 Å². The van der Waals surface area contributed by atoms with Crippen LogP contribution in [0.5, 0.6) is 0 Å². The molecule has 1 N–H and O–H groups in total. The van der Waals surface area contributed by atoms with Crippen LogP contribution in [0.3, 0.4) is 0 Å². The van der Waals surface area contributed by atoms with Gasteiger partial charge in [-0.25, -0.2) is 0 Å². The van der Waals surface area contributed by atoms with Crippen LogP contribution in [0.2, 0.25) is 0 Å². The molecule has 1 heterocycles. The summed E-state index contributed by atoms with van der Waals surface area (Å²) in [6.45, 7) is 6.10. The van der Waals surface area contributed by atoms with Crippen LogP contribution in [0.1, 0.15) is 43.4 Å². The van der Waals surface area contributed by atoms with Gasteiger partial charge in [-0.1, -0.05) is 13.8 Å². The van der Waals surface area contributed by atoms with Crippen molar-refractivity contribution in [3.8, 4) is 0 Å². The minimum atomic E-state index is -0.166. The average molecular weight is 294 g/mol. The van der Waals surface area contributed by atoms with Crippen LogP contribution in [0, 0.1) is 5.92 Å². The highest BCUT2D eigenvalue weighted by atomic mass is 16.2. The lowest BCUT2D eigenvalue weighted by molar-refractivity contribution is -0.121. The summed E-state index contributed by atoms with van der Waals surface area (Å²) in [4.78, 5) is 25.5. The number of amides is 2. The quantitative estimate of drug-likeness (QED) is 0.857. The van der Waals surface area contributed by atoms with Gasteiger partial charge in [-0.2, -0.15) is 5.10 Å². The summed E-state index contributed by atoms with van der Waals surface area (Å²) in [5.41, 5.74) is 1.47. The highest BCUT2D eigenvalue weighted by Gasteiger charge is 2.22. The highest BCUT2D eigenvalue weighted by Crippen LogP contribution is 2.13. The second-order valence-electron chi connectivity index (χ2n) is 5.88. The fourth-order valence-corrected chi connectivity index (χ4v) is 2.13. The van der Waals surface area contributed by atoms with E-state index in [1.54, 1.807) is 30.7 Å². The van der Waals surface area contributed by atoms with E-state index < -0.39 is 0 Å². The fourth-order valence-electron chi connectivity index (χ4n) is 2.13. The van der Waals surface area contributed by atoms with E-state index in [4.69, 9.17) is 0 Å². The van der Waals surface area contributed by atoms with E-state index in [-0.39, 0.29) is 24.3 Å². The van der Waals surface area contributed by atoms with Gasteiger partial charge in [-0.05, 0) is 25.3 Å². The van der Waals surface area contributed by atoms with Gasteiger partial charge in [0.1, 0.15) is 5.69 Å². The molecule has 6 heteroatoms. The van der Waals surface area contributed by atoms with Gasteiger partial charge in [0.2, 0.25) is 5.91 Å². The lowest BCUT2D eigenvalue weighted by Crippen LogP contribution is -2.39. The molecule has 0 radical (unpaired) electrons. The van der Waals surface area contributed by atoms with Crippen molar-refractivity contribution in [3.05, 3.63) is 17.5 Å². The summed E-state index contributed by atoms with van der Waals surface area (Å²) in [6, 6.07) is 1.67. The summed E-state index contributed by atoms with van der Waals surface area (Å²) >= 11 is 0. The molecule has 1 aromatic rings. The van der Waals surface area contributed by atoms with Crippen molar-refractivity contribution >= 4 is 11.8 Å². The van der Waals surface area contributed by atoms with Crippen LogP contribution in [0.4, 0.5) is 0 Å². The van der Waals surface area contributed by atoms with Crippen LogP contribution < -0.4 is 5.32 Å². The maximum atomic E-state index is 12.5. The maximum Gasteiger partial charge on any atom is 0.272 e. The molecule has 1 aromatic heterocycles. The topological polar surface area (TPSA) is 67.2 Å². The molecule has 0 fully saturated rings. The number of carbonyl (C=O) groups excluding carboxylic acids is 2. The molecule has 1 rings (SSSR count). The third-order valence-electron chi connectivity index (χ3n) is 3.51. The Morgan fingerprint density at radius 1 is 1.38 bits per heavy atom. The number of aryl methyl sites for hydroxylation is 1. The molecule has 0 saturated carbocycles. The second-order valence-corrected chi connectivity index (χ2v) is 5.88. The van der Waals surface area contributed by atoms with E-state index in [9.17, 15) is 9.59 Å². The van der Waals surface area contributed by atoms with Gasteiger partial charge in [0.25, 0.3) is 5.91 Å². The molecule has 0 aromatic carbocycles. The Morgan fingerprint density at radius 2 is 2.00 bits per heavy atom. The number of nitrogens with zero attached hydrogens (tertiary/aromatic N) is 3. The summed E-state index contributed by atoms with van der Waals surface area (Å²) in [5.74, 6) is 0.303. The summed E-state index contributed by atoms with van der Waals surface area (Å²) < 4.78 is 1.61. The number of rotatable bonds is 6. The molecule has 118 valence electrons. The van der Waals surface area contributed by atoms with Gasteiger partial charge in [0.15, 0.2) is 0 Å². The molecule has 6 nitrogen and oxygen atoms in total. The third-order valence-corrected chi connectivity index (χ3v) is 3.51. The van der Waals surface area contributed by atoms with Crippen molar-refractivity contribution in [3.63, 3.8) is 0 Å². The normalized spacial score (nSPS) is 12.3. The largest absolute Gasteiger partial charge is 0.359 e. The minimum absolute atomic E-state index is 0.0762. The van der Waals surface area contributed by atoms with Crippen LogP contribution >= 0.6 is 0 Å². The maximum absolute atomic E-state index is 12.5. The van der Waals surface area contributed by atoms with Crippen molar-refractivity contribution in [2.45, 2.75) is 39.7 Å². The molecule has 0 bridgehead atoms. The zero-order chi connectivity index (χ0) is 16.2. The van der Waals surface area contributed by atoms with Gasteiger partial charge in [0, 0.05) is 33.6 Å². The molecule has 0 aliphatic heterocycles. The Morgan fingerprint density at radius 3 is 2.52 bits per heavy atom. The zero-order valence-corrected chi connectivity index (χ0v) is 13.8. The average Bonchev–Trinajstić information content (AvgIpc) is 2.76. The summed E-state index contributed by atoms with van der Waals surface area (Å²) in [7, 11) is 5.08. The molecular weight excluding hydrogens is 268 g/mol. The number of nitrogens with one attached hydrogen (secondary N) is 1. The number of hydrogen-bond acceptors (Lipinski definition) is 3. The zero-order valence-electron chi connectivity index (χ0n) is 13.8. The predicted molar refractivity (Wildman–Crippen MR) is 82.0 cm³/mol. The van der Waals surface area contributed by atoms with Crippen LogP contribution in [-0.2, 0) is 18.3 Å². The van der Waals surface area contributed by atoms with Gasteiger partial charge in [0.05, 0.1) is 5.69 Å². The van der Waals surface area contributed by atoms with Gasteiger partial charge >= 0.3 is 0 Å². The minimum Gasteiger partial charge on any atom is -0.359 e. The van der Waals surface area contributed by atoms with Crippen LogP contribution in [0.15, 0.2) is 6.07 Å². The first-order chi connectivity index (χ1) is 9.76. The van der Waals surface area contributed by atoms with Crippen molar-refractivity contribution in [2.75, 3.05) is 14.1 Å². The third kappa shape index (κ3) is 4.58. The molecule has 0 saturated heterocycles. The highest BCUT2D eigenvalue weighted by molar-refractivity contribution is 5.93. The fraction of sp³-hybridized carbons (Fsp3) is 0.667. The van der Waals surface area contributed by atoms with Crippen LogP contribution in [0.25, 0.3) is 0 Å². The standard InChI is InChI=1S/C15H26N4O2/c1-10(2)7-12-9-13(19(6)17-12)15(21)18(5)11(3)8-14(20)16-4/h9-11H,7-8H2,1-6H3,(H,16,20)/t11-/m0/s1. The van der Waals surface area contributed by atoms with Crippen molar-refractivity contribution in [1.82, 2.24) is 20.0 Å². The lowest BCUT2D eigenvalue weighted by Gasteiger charge is -2.24. The molecule has 0 spiro atoms. The molecular formula is C15H26N4O2. The summed E-state index contributed by atoms with van der Waals surface area (Å²) in [6.07, 6.45) is 1.13. The van der Waals surface area contributed by atoms with E-state index in [1.165, 1.54) is 0 Å². The number of carbonyl (C=O) groups is 2. The SMILES string of the molecule is CNC(=O)C[C@H](C)N(C)C(=O)c1cc(CC(C)C)nn1C. The molecule has 2 amide bonds. The van der Waals surface area contributed by atoms with Gasteiger partial charge in [-0.15, -0.1) is 0 Å². The smallest absolute Gasteiger partial charge is 0.272 e. The predicted octanol–water partition coefficient (Wildman–Crippen LogP) is 1.22. The molecule has 1 atom stereocenters. The van der Waals surface area contributed by atoms with E-state index in [0.717, 1.165) is 12.1 Å². The van der Waals surface area contributed by atoms with E-state index in [2.05, 4.69) is 24.3 Å².